The van der Waals surface area contributed by atoms with Crippen LogP contribution in [-0.4, -0.2) is 36.5 Å². The van der Waals surface area contributed by atoms with E-state index in [0.29, 0.717) is 11.5 Å². The predicted molar refractivity (Wildman–Crippen MR) is 85.6 cm³/mol. The van der Waals surface area contributed by atoms with Crippen molar-refractivity contribution in [2.75, 3.05) is 14.2 Å². The van der Waals surface area contributed by atoms with Crippen LogP contribution in [0.1, 0.15) is 21.7 Å². The average Bonchev–Trinajstić information content (AvgIpc) is 2.93. The molecule has 22 heavy (non-hydrogen) atoms. The summed E-state index contributed by atoms with van der Waals surface area (Å²) in [4.78, 5) is 11.8. The maximum atomic E-state index is 11.8. The van der Waals surface area contributed by atoms with Crippen LogP contribution in [0.4, 0.5) is 0 Å². The fourth-order valence-corrected chi connectivity index (χ4v) is 2.39. The molecule has 0 fully saturated rings. The SMILES string of the molecule is COc1cc(C=NNC(=O)c2cc(C)[nH]n2)cc(Br)c1OC. The van der Waals surface area contributed by atoms with E-state index >= 15 is 0 Å². The van der Waals surface area contributed by atoms with Crippen LogP contribution in [0.5, 0.6) is 11.5 Å². The lowest BCUT2D eigenvalue weighted by molar-refractivity contribution is 0.0950. The van der Waals surface area contributed by atoms with Crippen molar-refractivity contribution >= 4 is 28.1 Å². The van der Waals surface area contributed by atoms with Crippen LogP contribution in [0.3, 0.4) is 0 Å². The van der Waals surface area contributed by atoms with Crippen molar-refractivity contribution in [1.82, 2.24) is 15.6 Å². The molecule has 0 aliphatic rings. The van der Waals surface area contributed by atoms with Gasteiger partial charge >= 0.3 is 0 Å². The summed E-state index contributed by atoms with van der Waals surface area (Å²) in [6.45, 7) is 1.81. The lowest BCUT2D eigenvalue weighted by atomic mass is 10.2. The van der Waals surface area contributed by atoms with Gasteiger partial charge in [-0.1, -0.05) is 0 Å². The molecule has 0 saturated carbocycles. The Hall–Kier alpha value is -2.35. The number of hydrogen-bond acceptors (Lipinski definition) is 5. The Kier molecular flexibility index (Phi) is 5.16. The molecule has 2 rings (SSSR count). The average molecular weight is 367 g/mol. The van der Waals surface area contributed by atoms with E-state index in [2.05, 4.69) is 36.7 Å². The minimum Gasteiger partial charge on any atom is -0.493 e. The van der Waals surface area contributed by atoms with Gasteiger partial charge in [-0.15, -0.1) is 0 Å². The molecule has 1 aromatic carbocycles. The molecule has 1 aromatic heterocycles. The van der Waals surface area contributed by atoms with Crippen LogP contribution in [0, 0.1) is 6.92 Å². The second-order valence-electron chi connectivity index (χ2n) is 4.37. The molecule has 0 saturated heterocycles. The van der Waals surface area contributed by atoms with E-state index in [-0.39, 0.29) is 11.6 Å². The van der Waals surface area contributed by atoms with Crippen LogP contribution in [0.2, 0.25) is 0 Å². The number of nitrogens with one attached hydrogen (secondary N) is 2. The molecular weight excluding hydrogens is 352 g/mol. The summed E-state index contributed by atoms with van der Waals surface area (Å²) in [5, 5.41) is 10.4. The summed E-state index contributed by atoms with van der Waals surface area (Å²) in [7, 11) is 3.11. The summed E-state index contributed by atoms with van der Waals surface area (Å²) in [5.41, 5.74) is 4.23. The number of methoxy groups -OCH3 is 2. The lowest BCUT2D eigenvalue weighted by Gasteiger charge is -2.10. The number of rotatable bonds is 5. The van der Waals surface area contributed by atoms with Gasteiger partial charge in [0.05, 0.1) is 24.9 Å². The number of aromatic amines is 1. The second-order valence-corrected chi connectivity index (χ2v) is 5.23. The zero-order valence-electron chi connectivity index (χ0n) is 12.3. The maximum absolute atomic E-state index is 11.8. The third-order valence-corrected chi connectivity index (χ3v) is 3.36. The highest BCUT2D eigenvalue weighted by Crippen LogP contribution is 2.35. The highest BCUT2D eigenvalue weighted by atomic mass is 79.9. The van der Waals surface area contributed by atoms with Gasteiger partial charge in [0.25, 0.3) is 5.91 Å². The third-order valence-electron chi connectivity index (χ3n) is 2.77. The normalized spacial score (nSPS) is 10.7. The number of aryl methyl sites for hydroxylation is 1. The highest BCUT2D eigenvalue weighted by Gasteiger charge is 2.10. The molecule has 0 radical (unpaired) electrons. The van der Waals surface area contributed by atoms with Gasteiger partial charge in [-0.25, -0.2) is 5.43 Å². The highest BCUT2D eigenvalue weighted by molar-refractivity contribution is 9.10. The van der Waals surface area contributed by atoms with Gasteiger partial charge in [-0.3, -0.25) is 9.89 Å². The zero-order valence-corrected chi connectivity index (χ0v) is 13.9. The molecule has 0 unspecified atom stereocenters. The second kappa shape index (κ2) is 7.08. The fourth-order valence-electron chi connectivity index (χ4n) is 1.77. The van der Waals surface area contributed by atoms with Gasteiger partial charge in [0, 0.05) is 5.69 Å². The first kappa shape index (κ1) is 16.0. The number of H-pyrrole nitrogens is 1. The Labute approximate surface area is 135 Å². The molecule has 0 aliphatic heterocycles. The number of nitrogens with zero attached hydrogens (tertiary/aromatic N) is 2. The molecule has 8 heteroatoms. The molecule has 7 nitrogen and oxygen atoms in total. The molecule has 116 valence electrons. The van der Waals surface area contributed by atoms with E-state index in [9.17, 15) is 4.79 Å². The summed E-state index contributed by atoms with van der Waals surface area (Å²) in [6, 6.07) is 5.19. The van der Waals surface area contributed by atoms with Crippen molar-refractivity contribution in [2.45, 2.75) is 6.92 Å². The quantitative estimate of drug-likeness (QED) is 0.627. The molecule has 0 bridgehead atoms. The predicted octanol–water partition coefficient (Wildman–Crippen LogP) is 2.26. The number of amides is 1. The minimum absolute atomic E-state index is 0.281. The van der Waals surface area contributed by atoms with Gasteiger partial charge < -0.3 is 9.47 Å². The first-order valence-corrected chi connectivity index (χ1v) is 7.11. The molecule has 2 aromatic rings. The Morgan fingerprint density at radius 3 is 2.73 bits per heavy atom. The lowest BCUT2D eigenvalue weighted by Crippen LogP contribution is -2.18. The zero-order chi connectivity index (χ0) is 16.1. The van der Waals surface area contributed by atoms with Crippen LogP contribution >= 0.6 is 15.9 Å². The van der Waals surface area contributed by atoms with E-state index in [1.807, 2.05) is 6.92 Å². The van der Waals surface area contributed by atoms with Crippen LogP contribution in [-0.2, 0) is 0 Å². The van der Waals surface area contributed by atoms with E-state index in [1.165, 1.54) is 6.21 Å². The molecule has 1 heterocycles. The standard InChI is InChI=1S/C14H15BrN4O3/c1-8-4-11(18-17-8)14(20)19-16-7-9-5-10(15)13(22-3)12(6-9)21-2/h4-7H,1-3H3,(H,17,18)(H,19,20). The Morgan fingerprint density at radius 2 is 2.14 bits per heavy atom. The van der Waals surface area contributed by atoms with Crippen molar-refractivity contribution in [3.8, 4) is 11.5 Å². The number of halogens is 1. The summed E-state index contributed by atoms with van der Waals surface area (Å²) >= 11 is 3.39. The molecule has 0 aliphatic carbocycles. The number of carbonyl (C=O) groups excluding carboxylic acids is 1. The van der Waals surface area contributed by atoms with E-state index in [1.54, 1.807) is 32.4 Å². The summed E-state index contributed by atoms with van der Waals surface area (Å²) in [6.07, 6.45) is 1.50. The van der Waals surface area contributed by atoms with Crippen molar-refractivity contribution in [2.24, 2.45) is 5.10 Å². The molecular formula is C14H15BrN4O3. The first-order chi connectivity index (χ1) is 10.5. The van der Waals surface area contributed by atoms with Gasteiger partial charge in [0.15, 0.2) is 17.2 Å². The monoisotopic (exact) mass is 366 g/mol. The number of hydrogen-bond donors (Lipinski definition) is 2. The minimum atomic E-state index is -0.389. The van der Waals surface area contributed by atoms with Crippen LogP contribution in [0.25, 0.3) is 0 Å². The van der Waals surface area contributed by atoms with Crippen LogP contribution in [0.15, 0.2) is 27.8 Å². The first-order valence-electron chi connectivity index (χ1n) is 6.32. The Balaban J connectivity index is 2.10. The van der Waals surface area contributed by atoms with Crippen molar-refractivity contribution in [1.29, 1.82) is 0 Å². The van der Waals surface area contributed by atoms with Crippen LogP contribution < -0.4 is 14.9 Å². The fraction of sp³-hybridized carbons (Fsp3) is 0.214. The molecule has 0 atom stereocenters. The summed E-state index contributed by atoms with van der Waals surface area (Å²) < 4.78 is 11.2. The number of carbonyl (C=O) groups is 1. The molecule has 2 N–H and O–H groups in total. The van der Waals surface area contributed by atoms with Gasteiger partial charge in [-0.05, 0) is 46.6 Å². The summed E-state index contributed by atoms with van der Waals surface area (Å²) in [5.74, 6) is 0.767. The van der Waals surface area contributed by atoms with Crippen molar-refractivity contribution in [3.05, 3.63) is 39.6 Å². The largest absolute Gasteiger partial charge is 0.493 e. The smallest absolute Gasteiger partial charge is 0.291 e. The van der Waals surface area contributed by atoms with Crippen molar-refractivity contribution < 1.29 is 14.3 Å². The van der Waals surface area contributed by atoms with E-state index in [4.69, 9.17) is 9.47 Å². The van der Waals surface area contributed by atoms with E-state index < -0.39 is 0 Å². The van der Waals surface area contributed by atoms with Gasteiger partial charge in [0.1, 0.15) is 0 Å². The van der Waals surface area contributed by atoms with Crippen molar-refractivity contribution in [3.63, 3.8) is 0 Å². The number of benzene rings is 1. The number of hydrazone groups is 1. The Morgan fingerprint density at radius 1 is 1.36 bits per heavy atom. The maximum Gasteiger partial charge on any atom is 0.291 e. The molecule has 1 amide bonds. The van der Waals surface area contributed by atoms with Gasteiger partial charge in [-0.2, -0.15) is 10.2 Å². The van der Waals surface area contributed by atoms with Gasteiger partial charge in [0.2, 0.25) is 0 Å². The van der Waals surface area contributed by atoms with E-state index in [0.717, 1.165) is 15.7 Å². The topological polar surface area (TPSA) is 88.6 Å². The number of aromatic nitrogens is 2. The third kappa shape index (κ3) is 3.64. The number of ether oxygens (including phenoxy) is 2. The Bertz CT molecular complexity index is 712. The molecule has 0 spiro atoms.